The van der Waals surface area contributed by atoms with E-state index in [1.807, 2.05) is 10.3 Å². The molecule has 0 saturated carbocycles. The van der Waals surface area contributed by atoms with Gasteiger partial charge < -0.3 is 10.2 Å². The second kappa shape index (κ2) is 8.21. The first-order valence-electron chi connectivity index (χ1n) is 9.79. The van der Waals surface area contributed by atoms with Crippen molar-refractivity contribution in [2.45, 2.75) is 19.8 Å². The van der Waals surface area contributed by atoms with Crippen LogP contribution in [0.3, 0.4) is 0 Å². The van der Waals surface area contributed by atoms with Crippen LogP contribution in [0.2, 0.25) is 0 Å². The van der Waals surface area contributed by atoms with Crippen LogP contribution >= 0.6 is 11.3 Å². The molecule has 0 bridgehead atoms. The molecule has 0 unspecified atom stereocenters. The highest BCUT2D eigenvalue weighted by Gasteiger charge is 2.27. The van der Waals surface area contributed by atoms with Crippen LogP contribution < -0.4 is 15.8 Å². The van der Waals surface area contributed by atoms with Gasteiger partial charge in [0.2, 0.25) is 11.9 Å². The number of aromatic amines is 1. The van der Waals surface area contributed by atoms with Gasteiger partial charge in [-0.2, -0.15) is 0 Å². The zero-order chi connectivity index (χ0) is 20.4. The molecule has 1 saturated heterocycles. The van der Waals surface area contributed by atoms with E-state index in [0.717, 1.165) is 36.0 Å². The maximum absolute atomic E-state index is 12.7. The average molecular weight is 409 g/mol. The van der Waals surface area contributed by atoms with Crippen LogP contribution in [0.1, 0.15) is 18.4 Å². The Balaban J connectivity index is 1.66. The molecule has 2 N–H and O–H groups in total. The molecule has 1 aliphatic heterocycles. The number of amides is 1. The molecule has 3 aromatic rings. The molecule has 1 fully saturated rings. The highest BCUT2D eigenvalue weighted by atomic mass is 32.1. The molecule has 4 rings (SSSR count). The fourth-order valence-corrected chi connectivity index (χ4v) is 4.61. The monoisotopic (exact) mass is 408 g/mol. The van der Waals surface area contributed by atoms with Gasteiger partial charge in [0.25, 0.3) is 5.56 Å². The normalized spacial score (nSPS) is 16.7. The van der Waals surface area contributed by atoms with Gasteiger partial charge in [-0.1, -0.05) is 35.9 Å². The number of piperidine rings is 1. The number of fused-ring (bicyclic) bond motifs is 1. The predicted octanol–water partition coefficient (Wildman–Crippen LogP) is 3.48. The Hall–Kier alpha value is -2.93. The van der Waals surface area contributed by atoms with Crippen LogP contribution in [0.5, 0.6) is 0 Å². The van der Waals surface area contributed by atoms with E-state index in [0.29, 0.717) is 23.7 Å². The molecule has 7 heteroatoms. The summed E-state index contributed by atoms with van der Waals surface area (Å²) < 4.78 is 0.626. The van der Waals surface area contributed by atoms with E-state index in [1.54, 1.807) is 6.08 Å². The minimum absolute atomic E-state index is 0.0221. The van der Waals surface area contributed by atoms with Crippen molar-refractivity contribution in [2.24, 2.45) is 5.92 Å². The third-order valence-corrected chi connectivity index (χ3v) is 6.26. The van der Waals surface area contributed by atoms with E-state index in [-0.39, 0.29) is 17.4 Å². The van der Waals surface area contributed by atoms with Crippen LogP contribution in [0, 0.1) is 12.8 Å². The molecule has 6 nitrogen and oxygen atoms in total. The van der Waals surface area contributed by atoms with Gasteiger partial charge in [0.1, 0.15) is 4.70 Å². The van der Waals surface area contributed by atoms with Crippen molar-refractivity contribution in [1.29, 1.82) is 0 Å². The largest absolute Gasteiger partial charge is 0.352 e. The highest BCUT2D eigenvalue weighted by Crippen LogP contribution is 2.32. The molecular formula is C22H24N4O2S. The second-order valence-electron chi connectivity index (χ2n) is 7.40. The van der Waals surface area contributed by atoms with Crippen LogP contribution in [0.25, 0.3) is 21.3 Å². The Morgan fingerprint density at radius 3 is 2.97 bits per heavy atom. The number of carbonyl (C=O) groups is 1. The summed E-state index contributed by atoms with van der Waals surface area (Å²) in [6.45, 7) is 7.46. The summed E-state index contributed by atoms with van der Waals surface area (Å²) in [6.07, 6.45) is 3.38. The molecule has 1 amide bonds. The molecule has 29 heavy (non-hydrogen) atoms. The molecule has 150 valence electrons. The lowest BCUT2D eigenvalue weighted by Gasteiger charge is -2.32. The fraction of sp³-hybridized carbons (Fsp3) is 0.318. The van der Waals surface area contributed by atoms with Crippen molar-refractivity contribution in [3.8, 4) is 11.1 Å². The van der Waals surface area contributed by atoms with Gasteiger partial charge in [-0.05, 0) is 25.3 Å². The molecule has 0 spiro atoms. The Kier molecular flexibility index (Phi) is 5.49. The Bertz CT molecular complexity index is 1100. The Labute approximate surface area is 173 Å². The highest BCUT2D eigenvalue weighted by molar-refractivity contribution is 7.17. The number of rotatable bonds is 5. The molecule has 1 atom stereocenters. The quantitative estimate of drug-likeness (QED) is 0.634. The number of anilines is 1. The summed E-state index contributed by atoms with van der Waals surface area (Å²) in [4.78, 5) is 34.8. The van der Waals surface area contributed by atoms with Gasteiger partial charge in [0, 0.05) is 30.6 Å². The van der Waals surface area contributed by atoms with Crippen LogP contribution in [0.4, 0.5) is 5.95 Å². The lowest BCUT2D eigenvalue weighted by Crippen LogP contribution is -2.44. The molecule has 1 aromatic carbocycles. The van der Waals surface area contributed by atoms with Crippen molar-refractivity contribution in [3.63, 3.8) is 0 Å². The number of hydrogen-bond donors (Lipinski definition) is 2. The zero-order valence-corrected chi connectivity index (χ0v) is 17.2. The van der Waals surface area contributed by atoms with Gasteiger partial charge in [0.15, 0.2) is 0 Å². The van der Waals surface area contributed by atoms with Gasteiger partial charge in [-0.15, -0.1) is 17.9 Å². The number of carbonyl (C=O) groups excluding carboxylic acids is 1. The topological polar surface area (TPSA) is 78.1 Å². The zero-order valence-electron chi connectivity index (χ0n) is 16.4. The number of aryl methyl sites for hydroxylation is 1. The molecule has 3 heterocycles. The number of benzene rings is 1. The number of hydrogen-bond acceptors (Lipinski definition) is 5. The number of nitrogens with zero attached hydrogens (tertiary/aromatic N) is 2. The first-order chi connectivity index (χ1) is 14.1. The second-order valence-corrected chi connectivity index (χ2v) is 8.28. The van der Waals surface area contributed by atoms with Gasteiger partial charge >= 0.3 is 0 Å². The number of nitrogens with one attached hydrogen (secondary N) is 2. The SMILES string of the molecule is C=CCNC(=O)[C@H]1CCCN(c2nc3c(-c4ccc(C)cc4)csc3c(=O)[nH]2)C1. The van der Waals surface area contributed by atoms with Crippen molar-refractivity contribution in [2.75, 3.05) is 24.5 Å². The smallest absolute Gasteiger partial charge is 0.270 e. The first kappa shape index (κ1) is 19.4. The van der Waals surface area contributed by atoms with Gasteiger partial charge in [0.05, 0.1) is 11.4 Å². The molecule has 0 aliphatic carbocycles. The van der Waals surface area contributed by atoms with E-state index in [2.05, 4.69) is 48.1 Å². The standard InChI is InChI=1S/C22H24N4O2S/c1-3-10-23-20(27)16-5-4-11-26(12-16)22-24-18-17(13-29-19(18)21(28)25-22)15-8-6-14(2)7-9-15/h3,6-9,13,16H,1,4-5,10-12H2,2H3,(H,23,27)(H,24,25,28)/t16-/m0/s1. The Morgan fingerprint density at radius 1 is 1.41 bits per heavy atom. The molecule has 2 aromatic heterocycles. The van der Waals surface area contributed by atoms with Crippen LogP contribution in [-0.2, 0) is 4.79 Å². The van der Waals surface area contributed by atoms with Crippen molar-refractivity contribution >= 4 is 33.4 Å². The lowest BCUT2D eigenvalue weighted by atomic mass is 9.97. The maximum Gasteiger partial charge on any atom is 0.270 e. The summed E-state index contributed by atoms with van der Waals surface area (Å²) in [5, 5.41) is 4.86. The average Bonchev–Trinajstić information content (AvgIpc) is 3.17. The number of aromatic nitrogens is 2. The van der Waals surface area contributed by atoms with Gasteiger partial charge in [-0.3, -0.25) is 14.6 Å². The van der Waals surface area contributed by atoms with Crippen molar-refractivity contribution < 1.29 is 4.79 Å². The van der Waals surface area contributed by atoms with Crippen molar-refractivity contribution in [1.82, 2.24) is 15.3 Å². The number of H-pyrrole nitrogens is 1. The third-order valence-electron chi connectivity index (χ3n) is 5.29. The summed E-state index contributed by atoms with van der Waals surface area (Å²) in [5.74, 6) is 0.438. The van der Waals surface area contributed by atoms with E-state index >= 15 is 0 Å². The third kappa shape index (κ3) is 3.96. The first-order valence-corrected chi connectivity index (χ1v) is 10.7. The number of thiophene rings is 1. The van der Waals surface area contributed by atoms with Gasteiger partial charge in [-0.25, -0.2) is 4.98 Å². The minimum atomic E-state index is -0.133. The summed E-state index contributed by atoms with van der Waals surface area (Å²) in [7, 11) is 0. The molecule has 1 aliphatic rings. The summed E-state index contributed by atoms with van der Waals surface area (Å²) >= 11 is 1.41. The van der Waals surface area contributed by atoms with Crippen LogP contribution in [0.15, 0.2) is 47.1 Å². The fourth-order valence-electron chi connectivity index (χ4n) is 3.70. The van der Waals surface area contributed by atoms with Crippen molar-refractivity contribution in [3.05, 3.63) is 58.2 Å². The molecular weight excluding hydrogens is 384 g/mol. The maximum atomic E-state index is 12.7. The predicted molar refractivity (Wildman–Crippen MR) is 119 cm³/mol. The van der Waals surface area contributed by atoms with E-state index in [9.17, 15) is 9.59 Å². The summed E-state index contributed by atoms with van der Waals surface area (Å²) in [5.41, 5.74) is 3.79. The lowest BCUT2D eigenvalue weighted by molar-refractivity contribution is -0.125. The summed E-state index contributed by atoms with van der Waals surface area (Å²) in [6, 6.07) is 8.23. The Morgan fingerprint density at radius 2 is 2.21 bits per heavy atom. The van der Waals surface area contributed by atoms with E-state index in [1.165, 1.54) is 16.9 Å². The van der Waals surface area contributed by atoms with E-state index in [4.69, 9.17) is 4.98 Å². The minimum Gasteiger partial charge on any atom is -0.352 e. The molecule has 0 radical (unpaired) electrons. The van der Waals surface area contributed by atoms with Crippen LogP contribution in [-0.4, -0.2) is 35.5 Å². The van der Waals surface area contributed by atoms with E-state index < -0.39 is 0 Å².